The van der Waals surface area contributed by atoms with Crippen molar-refractivity contribution in [2.45, 2.75) is 24.3 Å². The van der Waals surface area contributed by atoms with Crippen molar-refractivity contribution in [2.24, 2.45) is 5.92 Å². The minimum Gasteiger partial charge on any atom is -0.269 e. The Balaban J connectivity index is 1.45. The summed E-state index contributed by atoms with van der Waals surface area (Å²) in [6.45, 7) is 0.934. The van der Waals surface area contributed by atoms with Crippen LogP contribution in [0.3, 0.4) is 0 Å². The summed E-state index contributed by atoms with van der Waals surface area (Å²) in [6, 6.07) is 11.4. The van der Waals surface area contributed by atoms with Crippen molar-refractivity contribution in [3.63, 3.8) is 0 Å². The van der Waals surface area contributed by atoms with Crippen molar-refractivity contribution < 1.29 is 13.2 Å². The number of benzene rings is 2. The Morgan fingerprint density at radius 2 is 1.96 bits per heavy atom. The molecule has 0 spiro atoms. The Morgan fingerprint density at radius 1 is 1.21 bits per heavy atom. The summed E-state index contributed by atoms with van der Waals surface area (Å²) >= 11 is 5.76. The first kappa shape index (κ1) is 18.7. The highest BCUT2D eigenvalue weighted by Crippen LogP contribution is 2.31. The van der Waals surface area contributed by atoms with E-state index in [0.717, 1.165) is 28.9 Å². The third-order valence-corrected chi connectivity index (χ3v) is 6.19. The second-order valence-corrected chi connectivity index (χ2v) is 8.96. The molecule has 144 valence electrons. The number of carbonyl (C=O) groups excluding carboxylic acids is 1. The first-order chi connectivity index (χ1) is 13.4. The molecule has 1 aliphatic rings. The molecule has 4 rings (SSSR count). The maximum absolute atomic E-state index is 12.2. The molecule has 28 heavy (non-hydrogen) atoms. The van der Waals surface area contributed by atoms with E-state index in [1.165, 1.54) is 43.2 Å². The van der Waals surface area contributed by atoms with Gasteiger partial charge in [-0.1, -0.05) is 17.7 Å². The van der Waals surface area contributed by atoms with Crippen molar-refractivity contribution in [3.8, 4) is 0 Å². The number of aromatic nitrogens is 2. The minimum absolute atomic E-state index is 0.0249. The molecule has 3 aromatic rings. The standard InChI is InChI=1S/C20H18ClN3O3S/c21-17-5-7-18(8-6-17)28(26,27)23-20(25)10-4-14-3-9-19-16(11-14)12-22-24(19)13-15-1-2-15/h3-12,15H,1-2,13H2,(H,23,25)/b10-4+. The number of carbonyl (C=O) groups is 1. The molecule has 0 unspecified atom stereocenters. The van der Waals surface area contributed by atoms with Gasteiger partial charge in [-0.3, -0.25) is 9.48 Å². The molecule has 1 N–H and O–H groups in total. The van der Waals surface area contributed by atoms with E-state index in [-0.39, 0.29) is 4.90 Å². The van der Waals surface area contributed by atoms with Gasteiger partial charge in [-0.25, -0.2) is 13.1 Å². The second kappa shape index (κ2) is 7.41. The SMILES string of the molecule is O=C(/C=C/c1ccc2c(cnn2CC2CC2)c1)NS(=O)(=O)c1ccc(Cl)cc1. The maximum Gasteiger partial charge on any atom is 0.264 e. The highest BCUT2D eigenvalue weighted by Gasteiger charge is 2.22. The van der Waals surface area contributed by atoms with E-state index in [0.29, 0.717) is 5.02 Å². The van der Waals surface area contributed by atoms with Crippen LogP contribution in [-0.4, -0.2) is 24.1 Å². The number of rotatable bonds is 6. The Bertz CT molecular complexity index is 1160. The van der Waals surface area contributed by atoms with Gasteiger partial charge in [0.15, 0.2) is 0 Å². The lowest BCUT2D eigenvalue weighted by Gasteiger charge is -2.05. The fourth-order valence-corrected chi connectivity index (χ4v) is 3.98. The normalized spacial score (nSPS) is 14.6. The highest BCUT2D eigenvalue weighted by molar-refractivity contribution is 7.90. The zero-order valence-corrected chi connectivity index (χ0v) is 16.4. The molecule has 0 atom stereocenters. The number of amides is 1. The van der Waals surface area contributed by atoms with Crippen LogP contribution in [0.25, 0.3) is 17.0 Å². The van der Waals surface area contributed by atoms with Crippen LogP contribution in [-0.2, 0) is 21.4 Å². The molecule has 1 fully saturated rings. The lowest BCUT2D eigenvalue weighted by molar-refractivity contribution is -0.114. The Morgan fingerprint density at radius 3 is 2.68 bits per heavy atom. The number of halogens is 1. The lowest BCUT2D eigenvalue weighted by Crippen LogP contribution is -2.28. The van der Waals surface area contributed by atoms with Crippen LogP contribution in [0.15, 0.2) is 59.6 Å². The Kier molecular flexibility index (Phi) is 4.95. The van der Waals surface area contributed by atoms with Crippen molar-refractivity contribution in [1.82, 2.24) is 14.5 Å². The van der Waals surface area contributed by atoms with Gasteiger partial charge in [-0.15, -0.1) is 0 Å². The monoisotopic (exact) mass is 415 g/mol. The predicted octanol–water partition coefficient (Wildman–Crippen LogP) is 3.62. The number of hydrogen-bond acceptors (Lipinski definition) is 4. The molecule has 0 aliphatic heterocycles. The van der Waals surface area contributed by atoms with E-state index >= 15 is 0 Å². The van der Waals surface area contributed by atoms with Gasteiger partial charge in [0.2, 0.25) is 0 Å². The topological polar surface area (TPSA) is 81.1 Å². The van der Waals surface area contributed by atoms with Gasteiger partial charge in [0.05, 0.1) is 16.6 Å². The second-order valence-electron chi connectivity index (χ2n) is 6.85. The van der Waals surface area contributed by atoms with Gasteiger partial charge in [-0.05, 0) is 66.8 Å². The predicted molar refractivity (Wildman–Crippen MR) is 108 cm³/mol. The molecule has 0 bridgehead atoms. The van der Waals surface area contributed by atoms with E-state index in [1.54, 1.807) is 12.3 Å². The third kappa shape index (κ3) is 4.26. The smallest absolute Gasteiger partial charge is 0.264 e. The van der Waals surface area contributed by atoms with Gasteiger partial charge >= 0.3 is 0 Å². The molecule has 1 aromatic heterocycles. The molecule has 0 radical (unpaired) electrons. The average molecular weight is 416 g/mol. The lowest BCUT2D eigenvalue weighted by atomic mass is 10.1. The summed E-state index contributed by atoms with van der Waals surface area (Å²) < 4.78 is 28.5. The van der Waals surface area contributed by atoms with Crippen LogP contribution in [0, 0.1) is 5.92 Å². The van der Waals surface area contributed by atoms with Gasteiger partial charge < -0.3 is 0 Å². The van der Waals surface area contributed by atoms with E-state index in [2.05, 4.69) is 5.10 Å². The number of nitrogens with one attached hydrogen (secondary N) is 1. The van der Waals surface area contributed by atoms with Crippen LogP contribution in [0.2, 0.25) is 5.02 Å². The van der Waals surface area contributed by atoms with Crippen LogP contribution < -0.4 is 4.72 Å². The van der Waals surface area contributed by atoms with Crippen molar-refractivity contribution >= 4 is 44.5 Å². The van der Waals surface area contributed by atoms with Crippen LogP contribution >= 0.6 is 11.6 Å². The molecule has 6 nitrogen and oxygen atoms in total. The fourth-order valence-electron chi connectivity index (χ4n) is 2.91. The third-order valence-electron chi connectivity index (χ3n) is 4.58. The summed E-state index contributed by atoms with van der Waals surface area (Å²) in [4.78, 5) is 12.0. The number of hydrogen-bond donors (Lipinski definition) is 1. The van der Waals surface area contributed by atoms with Gasteiger partial charge in [0.1, 0.15) is 0 Å². The molecular weight excluding hydrogens is 398 g/mol. The number of fused-ring (bicyclic) bond motifs is 1. The summed E-state index contributed by atoms with van der Waals surface area (Å²) in [5, 5.41) is 5.83. The molecule has 0 saturated heterocycles. The molecule has 1 aliphatic carbocycles. The quantitative estimate of drug-likeness (QED) is 0.623. The first-order valence-corrected chi connectivity index (χ1v) is 10.7. The van der Waals surface area contributed by atoms with Gasteiger partial charge in [-0.2, -0.15) is 5.10 Å². The van der Waals surface area contributed by atoms with Crippen LogP contribution in [0.4, 0.5) is 0 Å². The summed E-state index contributed by atoms with van der Waals surface area (Å²) in [5.41, 5.74) is 1.84. The molecule has 8 heteroatoms. The van der Waals surface area contributed by atoms with E-state index in [4.69, 9.17) is 11.6 Å². The average Bonchev–Trinajstić information content (AvgIpc) is 3.39. The molecular formula is C20H18ClN3O3S. The zero-order valence-electron chi connectivity index (χ0n) is 14.9. The number of nitrogens with zero attached hydrogens (tertiary/aromatic N) is 2. The molecule has 1 amide bonds. The molecule has 1 saturated carbocycles. The zero-order chi connectivity index (χ0) is 19.7. The first-order valence-electron chi connectivity index (χ1n) is 8.87. The largest absolute Gasteiger partial charge is 0.269 e. The Hall–Kier alpha value is -2.64. The van der Waals surface area contributed by atoms with Crippen molar-refractivity contribution in [3.05, 3.63) is 65.3 Å². The maximum atomic E-state index is 12.2. The van der Waals surface area contributed by atoms with Gasteiger partial charge in [0, 0.05) is 23.0 Å². The number of sulfonamides is 1. The summed E-state index contributed by atoms with van der Waals surface area (Å²) in [6.07, 6.45) is 7.10. The van der Waals surface area contributed by atoms with Crippen molar-refractivity contribution in [2.75, 3.05) is 0 Å². The Labute approximate surface area is 167 Å². The van der Waals surface area contributed by atoms with E-state index in [1.807, 2.05) is 27.6 Å². The minimum atomic E-state index is -3.94. The van der Waals surface area contributed by atoms with Crippen molar-refractivity contribution in [1.29, 1.82) is 0 Å². The van der Waals surface area contributed by atoms with Gasteiger partial charge in [0.25, 0.3) is 15.9 Å². The van der Waals surface area contributed by atoms with Crippen LogP contribution in [0.1, 0.15) is 18.4 Å². The molecule has 2 aromatic carbocycles. The van der Waals surface area contributed by atoms with Crippen LogP contribution in [0.5, 0.6) is 0 Å². The highest BCUT2D eigenvalue weighted by atomic mass is 35.5. The van der Waals surface area contributed by atoms with E-state index < -0.39 is 15.9 Å². The fraction of sp³-hybridized carbons (Fsp3) is 0.200. The molecule has 1 heterocycles. The summed E-state index contributed by atoms with van der Waals surface area (Å²) in [7, 11) is -3.94. The van der Waals surface area contributed by atoms with E-state index in [9.17, 15) is 13.2 Å². The summed E-state index contributed by atoms with van der Waals surface area (Å²) in [5.74, 6) is 0.00781.